The first-order valence-corrected chi connectivity index (χ1v) is 8.15. The number of rotatable bonds is 7. The van der Waals surface area contributed by atoms with Crippen LogP contribution < -0.4 is 4.74 Å². The summed E-state index contributed by atoms with van der Waals surface area (Å²) < 4.78 is 54.2. The van der Waals surface area contributed by atoms with Crippen LogP contribution in [0.15, 0.2) is 17.7 Å². The summed E-state index contributed by atoms with van der Waals surface area (Å²) in [4.78, 5) is 37.3. The number of alkyl halides is 3. The number of halogens is 3. The highest BCUT2D eigenvalue weighted by molar-refractivity contribution is 5.96. The van der Waals surface area contributed by atoms with E-state index in [9.17, 15) is 32.9 Å². The number of hydrogen-bond acceptors (Lipinski definition) is 8. The highest BCUT2D eigenvalue weighted by Gasteiger charge is 2.49. The molecule has 0 radical (unpaired) electrons. The van der Waals surface area contributed by atoms with Gasteiger partial charge in [-0.25, -0.2) is 4.79 Å². The summed E-state index contributed by atoms with van der Waals surface area (Å²) in [6, 6.07) is 3.20. The van der Waals surface area contributed by atoms with E-state index in [4.69, 9.17) is 4.74 Å². The fourth-order valence-electron chi connectivity index (χ4n) is 2.60. The Hall–Kier alpha value is -3.31. The van der Waals surface area contributed by atoms with E-state index >= 15 is 0 Å². The second kappa shape index (κ2) is 8.80. The SMILES string of the molecule is Cc1cc(C)c2c(c1)C=C(C(=O)OCOC(=O)CCO[N+](=O)[O-])[C@@H](C(F)(F)F)O2. The molecule has 1 heterocycles. The number of hydrogen-bond donors (Lipinski definition) is 0. The molecule has 0 bridgehead atoms. The van der Waals surface area contributed by atoms with Crippen molar-refractivity contribution < 1.29 is 46.9 Å². The lowest BCUT2D eigenvalue weighted by molar-refractivity contribution is -0.757. The summed E-state index contributed by atoms with van der Waals surface area (Å²) >= 11 is 0. The number of fused-ring (bicyclic) bond motifs is 1. The van der Waals surface area contributed by atoms with Gasteiger partial charge in [-0.2, -0.15) is 13.2 Å². The molecule has 0 saturated heterocycles. The standard InChI is InChI=1S/C17H16F3NO8/c1-9-5-10(2)14-11(6-9)7-12(15(29-14)17(18,19)20)16(23)27-8-26-13(22)3-4-28-21(24)25/h5-7,15H,3-4,8H2,1-2H3/t15-/m0/s1. The van der Waals surface area contributed by atoms with Gasteiger partial charge in [0.1, 0.15) is 12.4 Å². The summed E-state index contributed by atoms with van der Waals surface area (Å²) in [5, 5.41) is 8.84. The third kappa shape index (κ3) is 5.83. The highest BCUT2D eigenvalue weighted by atomic mass is 19.4. The smallest absolute Gasteiger partial charge is 0.430 e. The van der Waals surface area contributed by atoms with Crippen molar-refractivity contribution in [2.45, 2.75) is 32.5 Å². The Balaban J connectivity index is 2.08. The van der Waals surface area contributed by atoms with E-state index in [-0.39, 0.29) is 11.3 Å². The molecule has 1 aromatic rings. The zero-order chi connectivity index (χ0) is 21.8. The number of ether oxygens (including phenoxy) is 3. The molecule has 0 aliphatic carbocycles. The Morgan fingerprint density at radius 1 is 1.24 bits per heavy atom. The number of esters is 2. The maximum atomic E-state index is 13.4. The number of nitrogens with zero attached hydrogens (tertiary/aromatic N) is 1. The van der Waals surface area contributed by atoms with Gasteiger partial charge in [-0.3, -0.25) is 4.79 Å². The molecule has 0 fully saturated rings. The van der Waals surface area contributed by atoms with Crippen molar-refractivity contribution in [2.24, 2.45) is 0 Å². The average Bonchev–Trinajstić information content (AvgIpc) is 2.59. The van der Waals surface area contributed by atoms with Gasteiger partial charge < -0.3 is 19.0 Å². The van der Waals surface area contributed by atoms with Crippen LogP contribution in [0.2, 0.25) is 0 Å². The Morgan fingerprint density at radius 3 is 2.55 bits per heavy atom. The van der Waals surface area contributed by atoms with Gasteiger partial charge in [-0.15, -0.1) is 10.1 Å². The van der Waals surface area contributed by atoms with Crippen LogP contribution in [0.4, 0.5) is 13.2 Å². The molecule has 1 aliphatic rings. The topological polar surface area (TPSA) is 114 Å². The first kappa shape index (κ1) is 22.0. The van der Waals surface area contributed by atoms with Crippen molar-refractivity contribution in [3.8, 4) is 5.75 Å². The Morgan fingerprint density at radius 2 is 1.93 bits per heavy atom. The average molecular weight is 419 g/mol. The molecule has 1 aliphatic heterocycles. The monoisotopic (exact) mass is 419 g/mol. The van der Waals surface area contributed by atoms with Crippen molar-refractivity contribution in [2.75, 3.05) is 13.4 Å². The van der Waals surface area contributed by atoms with Crippen LogP contribution in [-0.4, -0.2) is 42.7 Å². The predicted octanol–water partition coefficient (Wildman–Crippen LogP) is 2.65. The van der Waals surface area contributed by atoms with E-state index < -0.39 is 54.7 Å². The Bertz CT molecular complexity index is 850. The molecule has 2 rings (SSSR count). The Kier molecular flexibility index (Phi) is 6.67. The number of benzene rings is 1. The van der Waals surface area contributed by atoms with Gasteiger partial charge in [0.2, 0.25) is 12.9 Å². The lowest BCUT2D eigenvalue weighted by Gasteiger charge is -2.29. The molecule has 0 amide bonds. The second-order valence-electron chi connectivity index (χ2n) is 6.01. The van der Waals surface area contributed by atoms with Crippen molar-refractivity contribution in [3.05, 3.63) is 44.5 Å². The molecule has 12 heteroatoms. The van der Waals surface area contributed by atoms with Crippen molar-refractivity contribution >= 4 is 18.0 Å². The summed E-state index contributed by atoms with van der Waals surface area (Å²) in [5.74, 6) is -2.38. The van der Waals surface area contributed by atoms with E-state index in [1.165, 1.54) is 0 Å². The molecule has 0 N–H and O–H groups in total. The first-order chi connectivity index (χ1) is 13.5. The molecular formula is C17H16F3NO8. The maximum absolute atomic E-state index is 13.4. The molecule has 29 heavy (non-hydrogen) atoms. The lowest BCUT2D eigenvalue weighted by Crippen LogP contribution is -2.41. The quantitative estimate of drug-likeness (QED) is 0.287. The van der Waals surface area contributed by atoms with Crippen LogP contribution >= 0.6 is 0 Å². The zero-order valence-electron chi connectivity index (χ0n) is 15.3. The fraction of sp³-hybridized carbons (Fsp3) is 0.412. The molecule has 0 aromatic heterocycles. The van der Waals surface area contributed by atoms with Crippen LogP contribution in [0, 0.1) is 24.0 Å². The fourth-order valence-corrected chi connectivity index (χ4v) is 2.60. The number of carbonyl (C=O) groups excluding carboxylic acids is 2. The van der Waals surface area contributed by atoms with Crippen molar-refractivity contribution in [3.63, 3.8) is 0 Å². The summed E-state index contributed by atoms with van der Waals surface area (Å²) in [5.41, 5.74) is 0.709. The summed E-state index contributed by atoms with van der Waals surface area (Å²) in [6.07, 6.45) is -6.93. The van der Waals surface area contributed by atoms with E-state index in [0.29, 0.717) is 5.56 Å². The number of carbonyl (C=O) groups is 2. The van der Waals surface area contributed by atoms with Crippen LogP contribution in [0.25, 0.3) is 6.08 Å². The third-order valence-electron chi connectivity index (χ3n) is 3.72. The van der Waals surface area contributed by atoms with Gasteiger partial charge in [-0.1, -0.05) is 11.6 Å². The van der Waals surface area contributed by atoms with E-state index in [2.05, 4.69) is 14.3 Å². The summed E-state index contributed by atoms with van der Waals surface area (Å²) in [6.45, 7) is 1.76. The third-order valence-corrected chi connectivity index (χ3v) is 3.72. The van der Waals surface area contributed by atoms with E-state index in [1.807, 2.05) is 0 Å². The molecular weight excluding hydrogens is 403 g/mol. The minimum absolute atomic E-state index is 0.00620. The van der Waals surface area contributed by atoms with Crippen LogP contribution in [0.3, 0.4) is 0 Å². The molecule has 1 aromatic carbocycles. The molecule has 158 valence electrons. The summed E-state index contributed by atoms with van der Waals surface area (Å²) in [7, 11) is 0. The predicted molar refractivity (Wildman–Crippen MR) is 89.0 cm³/mol. The first-order valence-electron chi connectivity index (χ1n) is 8.15. The lowest BCUT2D eigenvalue weighted by atomic mass is 9.97. The van der Waals surface area contributed by atoms with Gasteiger partial charge in [0.15, 0.2) is 0 Å². The van der Waals surface area contributed by atoms with Crippen LogP contribution in [0.5, 0.6) is 5.75 Å². The molecule has 9 nitrogen and oxygen atoms in total. The molecule has 0 unspecified atom stereocenters. The Labute approximate surface area is 162 Å². The van der Waals surface area contributed by atoms with Crippen LogP contribution in [-0.2, 0) is 23.9 Å². The van der Waals surface area contributed by atoms with E-state index in [1.54, 1.807) is 26.0 Å². The van der Waals surface area contributed by atoms with Crippen molar-refractivity contribution in [1.29, 1.82) is 0 Å². The number of aryl methyl sites for hydroxylation is 2. The second-order valence-corrected chi connectivity index (χ2v) is 6.01. The van der Waals surface area contributed by atoms with Gasteiger partial charge in [0.25, 0.3) is 5.09 Å². The largest absolute Gasteiger partial charge is 0.475 e. The van der Waals surface area contributed by atoms with Crippen LogP contribution in [0.1, 0.15) is 23.1 Å². The molecule has 1 atom stereocenters. The maximum Gasteiger partial charge on any atom is 0.430 e. The zero-order valence-corrected chi connectivity index (χ0v) is 15.3. The van der Waals surface area contributed by atoms with Crippen molar-refractivity contribution in [1.82, 2.24) is 0 Å². The van der Waals surface area contributed by atoms with Gasteiger partial charge in [0, 0.05) is 5.56 Å². The molecule has 0 spiro atoms. The van der Waals surface area contributed by atoms with E-state index in [0.717, 1.165) is 11.6 Å². The van der Waals surface area contributed by atoms with Gasteiger partial charge >= 0.3 is 18.1 Å². The normalized spacial score (nSPS) is 15.5. The minimum atomic E-state index is -4.89. The van der Waals surface area contributed by atoms with Gasteiger partial charge in [-0.05, 0) is 31.6 Å². The minimum Gasteiger partial charge on any atom is -0.475 e. The molecule has 0 saturated carbocycles. The van der Waals surface area contributed by atoms with Gasteiger partial charge in [0.05, 0.1) is 12.0 Å². The highest BCUT2D eigenvalue weighted by Crippen LogP contribution is 2.39.